The highest BCUT2D eigenvalue weighted by Gasteiger charge is 2.28. The number of nitrogens with zero attached hydrogens (tertiary/aromatic N) is 2. The molecule has 0 bridgehead atoms. The van der Waals surface area contributed by atoms with Gasteiger partial charge in [-0.1, -0.05) is 0 Å². The van der Waals surface area contributed by atoms with E-state index in [-0.39, 0.29) is 29.4 Å². The molecule has 1 amide bonds. The van der Waals surface area contributed by atoms with Crippen molar-refractivity contribution in [3.8, 4) is 0 Å². The third-order valence-electron chi connectivity index (χ3n) is 3.89. The van der Waals surface area contributed by atoms with E-state index in [1.165, 1.54) is 12.3 Å². The molecule has 1 saturated carbocycles. The Morgan fingerprint density at radius 3 is 2.65 bits per heavy atom. The van der Waals surface area contributed by atoms with Crippen molar-refractivity contribution in [2.75, 3.05) is 6.54 Å². The molecule has 7 heteroatoms. The van der Waals surface area contributed by atoms with E-state index >= 15 is 0 Å². The second-order valence-corrected chi connectivity index (χ2v) is 5.19. The number of nitro groups is 1. The normalized spacial score (nSPS) is 22.5. The lowest BCUT2D eigenvalue weighted by Crippen LogP contribution is -2.44. The fraction of sp³-hybridized carbons (Fsp3) is 0.615. The van der Waals surface area contributed by atoms with Gasteiger partial charge < -0.3 is 15.6 Å². The minimum absolute atomic E-state index is 0.0879. The van der Waals surface area contributed by atoms with Crippen LogP contribution in [-0.2, 0) is 0 Å². The molecule has 1 aromatic heterocycles. The average Bonchev–Trinajstić information content (AvgIpc) is 2.91. The van der Waals surface area contributed by atoms with Crippen molar-refractivity contribution < 1.29 is 9.72 Å². The van der Waals surface area contributed by atoms with Gasteiger partial charge in [0, 0.05) is 24.7 Å². The summed E-state index contributed by atoms with van der Waals surface area (Å²) in [5.41, 5.74) is 6.06. The van der Waals surface area contributed by atoms with Crippen LogP contribution in [0.25, 0.3) is 0 Å². The van der Waals surface area contributed by atoms with Gasteiger partial charge >= 0.3 is 0 Å². The lowest BCUT2D eigenvalue weighted by Gasteiger charge is -2.35. The fourth-order valence-electron chi connectivity index (χ4n) is 2.75. The molecule has 0 aliphatic heterocycles. The predicted molar refractivity (Wildman–Crippen MR) is 74.4 cm³/mol. The number of nitrogens with one attached hydrogen (secondary N) is 1. The fourth-order valence-corrected chi connectivity index (χ4v) is 2.75. The van der Waals surface area contributed by atoms with Crippen LogP contribution in [0.5, 0.6) is 0 Å². The molecule has 1 fully saturated rings. The molecule has 3 N–H and O–H groups in total. The van der Waals surface area contributed by atoms with E-state index in [0.29, 0.717) is 6.54 Å². The third-order valence-corrected chi connectivity index (χ3v) is 3.89. The molecule has 1 heterocycles. The molecule has 1 aliphatic rings. The monoisotopic (exact) mass is 280 g/mol. The predicted octanol–water partition coefficient (Wildman–Crippen LogP) is 1.65. The first-order valence-corrected chi connectivity index (χ1v) is 6.92. The highest BCUT2D eigenvalue weighted by atomic mass is 16.6. The number of rotatable bonds is 4. The maximum absolute atomic E-state index is 12.4. The number of hydrogen-bond acceptors (Lipinski definition) is 4. The van der Waals surface area contributed by atoms with Crippen LogP contribution in [-0.4, -0.2) is 39.3 Å². The summed E-state index contributed by atoms with van der Waals surface area (Å²) < 4.78 is 0. The first-order valence-electron chi connectivity index (χ1n) is 6.92. The van der Waals surface area contributed by atoms with Crippen LogP contribution < -0.4 is 5.73 Å². The average molecular weight is 280 g/mol. The van der Waals surface area contributed by atoms with Gasteiger partial charge in [0.1, 0.15) is 5.69 Å². The van der Waals surface area contributed by atoms with Gasteiger partial charge in [0.2, 0.25) is 0 Å². The van der Waals surface area contributed by atoms with E-state index in [2.05, 4.69) is 4.98 Å². The number of aromatic amines is 1. The van der Waals surface area contributed by atoms with E-state index in [1.54, 1.807) is 4.90 Å². The number of hydrogen-bond donors (Lipinski definition) is 2. The van der Waals surface area contributed by atoms with Gasteiger partial charge in [0.25, 0.3) is 11.6 Å². The standard InChI is InChI=1S/C13H20N4O3/c1-2-16(10-5-3-9(14)4-6-10)13(18)12-7-11(8-15-12)17(19)20/h7-10,15H,2-6,14H2,1H3. The number of aromatic nitrogens is 1. The number of carbonyl (C=O) groups is 1. The summed E-state index contributed by atoms with van der Waals surface area (Å²) in [6.07, 6.45) is 4.86. The molecule has 2 rings (SSSR count). The van der Waals surface area contributed by atoms with Crippen LogP contribution in [0, 0.1) is 10.1 Å². The second kappa shape index (κ2) is 6.04. The quantitative estimate of drug-likeness (QED) is 0.646. The molecule has 0 atom stereocenters. The number of H-pyrrole nitrogens is 1. The van der Waals surface area contributed by atoms with E-state index in [9.17, 15) is 14.9 Å². The molecule has 1 aliphatic carbocycles. The van der Waals surface area contributed by atoms with Crippen molar-refractivity contribution >= 4 is 11.6 Å². The highest BCUT2D eigenvalue weighted by molar-refractivity contribution is 5.93. The Morgan fingerprint density at radius 2 is 2.15 bits per heavy atom. The first kappa shape index (κ1) is 14.5. The first-order chi connectivity index (χ1) is 9.52. The van der Waals surface area contributed by atoms with Gasteiger partial charge in [0.15, 0.2) is 0 Å². The summed E-state index contributed by atoms with van der Waals surface area (Å²) in [7, 11) is 0. The minimum Gasteiger partial charge on any atom is -0.351 e. The van der Waals surface area contributed by atoms with E-state index < -0.39 is 4.92 Å². The van der Waals surface area contributed by atoms with Gasteiger partial charge in [-0.15, -0.1) is 0 Å². The van der Waals surface area contributed by atoms with Crippen LogP contribution in [0.4, 0.5) is 5.69 Å². The molecule has 0 saturated heterocycles. The summed E-state index contributed by atoms with van der Waals surface area (Å²) in [6, 6.07) is 1.70. The van der Waals surface area contributed by atoms with Crippen LogP contribution in [0.3, 0.4) is 0 Å². The Balaban J connectivity index is 2.10. The smallest absolute Gasteiger partial charge is 0.287 e. The Morgan fingerprint density at radius 1 is 1.50 bits per heavy atom. The Hall–Kier alpha value is -1.89. The zero-order valence-electron chi connectivity index (χ0n) is 11.5. The van der Waals surface area contributed by atoms with Gasteiger partial charge in [0.05, 0.1) is 11.1 Å². The maximum atomic E-state index is 12.4. The topological polar surface area (TPSA) is 105 Å². The number of carbonyl (C=O) groups excluding carboxylic acids is 1. The largest absolute Gasteiger partial charge is 0.351 e. The Bertz CT molecular complexity index is 492. The molecule has 1 aromatic rings. The highest BCUT2D eigenvalue weighted by Crippen LogP contribution is 2.24. The molecule has 110 valence electrons. The zero-order chi connectivity index (χ0) is 14.7. The van der Waals surface area contributed by atoms with Crippen LogP contribution in [0.1, 0.15) is 43.1 Å². The van der Waals surface area contributed by atoms with Gasteiger partial charge in [-0.05, 0) is 32.6 Å². The van der Waals surface area contributed by atoms with Crippen LogP contribution in [0.2, 0.25) is 0 Å². The summed E-state index contributed by atoms with van der Waals surface area (Å²) in [6.45, 7) is 2.51. The third kappa shape index (κ3) is 2.98. The van der Waals surface area contributed by atoms with Crippen molar-refractivity contribution in [1.29, 1.82) is 0 Å². The van der Waals surface area contributed by atoms with Gasteiger partial charge in [-0.3, -0.25) is 14.9 Å². The summed E-state index contributed by atoms with van der Waals surface area (Å²) in [4.78, 5) is 27.1. The van der Waals surface area contributed by atoms with Crippen molar-refractivity contribution in [2.24, 2.45) is 5.73 Å². The number of amides is 1. The summed E-state index contributed by atoms with van der Waals surface area (Å²) >= 11 is 0. The Kier molecular flexibility index (Phi) is 4.39. The van der Waals surface area contributed by atoms with Crippen LogP contribution >= 0.6 is 0 Å². The lowest BCUT2D eigenvalue weighted by molar-refractivity contribution is -0.384. The van der Waals surface area contributed by atoms with E-state index in [1.807, 2.05) is 6.92 Å². The Labute approximate surface area is 117 Å². The van der Waals surface area contributed by atoms with Crippen molar-refractivity contribution in [1.82, 2.24) is 9.88 Å². The summed E-state index contributed by atoms with van der Waals surface area (Å²) in [5.74, 6) is -0.180. The molecular weight excluding hydrogens is 260 g/mol. The lowest BCUT2D eigenvalue weighted by atomic mass is 9.90. The summed E-state index contributed by atoms with van der Waals surface area (Å²) in [5, 5.41) is 10.7. The minimum atomic E-state index is -0.511. The van der Waals surface area contributed by atoms with Crippen molar-refractivity contribution in [3.63, 3.8) is 0 Å². The van der Waals surface area contributed by atoms with E-state index in [0.717, 1.165) is 25.7 Å². The van der Waals surface area contributed by atoms with Crippen molar-refractivity contribution in [3.05, 3.63) is 28.1 Å². The van der Waals surface area contributed by atoms with Gasteiger partial charge in [-0.25, -0.2) is 0 Å². The maximum Gasteiger partial charge on any atom is 0.287 e. The molecular formula is C13H20N4O3. The molecule has 0 unspecified atom stereocenters. The molecule has 0 radical (unpaired) electrons. The molecule has 20 heavy (non-hydrogen) atoms. The van der Waals surface area contributed by atoms with Crippen LogP contribution in [0.15, 0.2) is 12.3 Å². The van der Waals surface area contributed by atoms with Gasteiger partial charge in [-0.2, -0.15) is 0 Å². The van der Waals surface area contributed by atoms with E-state index in [4.69, 9.17) is 5.73 Å². The van der Waals surface area contributed by atoms with Crippen molar-refractivity contribution in [2.45, 2.75) is 44.7 Å². The second-order valence-electron chi connectivity index (χ2n) is 5.19. The molecule has 0 aromatic carbocycles. The molecule has 7 nitrogen and oxygen atoms in total. The number of nitrogens with two attached hydrogens (primary N) is 1. The SMILES string of the molecule is CCN(C(=O)c1cc([N+](=O)[O-])c[nH]1)C1CCC(N)CC1. The zero-order valence-corrected chi connectivity index (χ0v) is 11.5. The molecule has 0 spiro atoms.